The maximum absolute atomic E-state index is 13.1. The molecule has 2 nitrogen and oxygen atoms in total. The van der Waals surface area contributed by atoms with Gasteiger partial charge in [0.1, 0.15) is 11.6 Å². The van der Waals surface area contributed by atoms with Crippen molar-refractivity contribution in [1.82, 2.24) is 0 Å². The van der Waals surface area contributed by atoms with E-state index in [1.165, 1.54) is 5.56 Å². The molecule has 0 radical (unpaired) electrons. The number of aromatic hydroxyl groups is 1. The Bertz CT molecular complexity index is 476. The molecule has 102 valence electrons. The Labute approximate surface area is 113 Å². The number of hydrogen-bond acceptors (Lipinski definition) is 2. The highest BCUT2D eigenvalue weighted by molar-refractivity contribution is 5.96. The number of aryl methyl sites for hydroxylation is 1. The lowest BCUT2D eigenvalue weighted by Crippen LogP contribution is -2.08. The predicted molar refractivity (Wildman–Crippen MR) is 76.4 cm³/mol. The third kappa shape index (κ3) is 4.51. The highest BCUT2D eigenvalue weighted by Crippen LogP contribution is 2.18. The molecule has 3 heteroatoms. The first-order valence-electron chi connectivity index (χ1n) is 6.84. The maximum atomic E-state index is 13.1. The Kier molecular flexibility index (Phi) is 4.72. The van der Waals surface area contributed by atoms with Crippen LogP contribution in [0.5, 0.6) is 5.75 Å². The standard InChI is InChI=1S/C16H20FNO/c1-12(18-15-4-2-3-14(17)11-15)5-6-13-7-9-16(19)10-8-13/h7-12,19H,2-6H2,1H3. The van der Waals surface area contributed by atoms with Crippen molar-refractivity contribution in [2.75, 3.05) is 0 Å². The highest BCUT2D eigenvalue weighted by Gasteiger charge is 2.09. The van der Waals surface area contributed by atoms with Crippen LogP contribution in [0.2, 0.25) is 0 Å². The third-order valence-corrected chi connectivity index (χ3v) is 3.35. The molecular formula is C16H20FNO. The van der Waals surface area contributed by atoms with E-state index in [0.717, 1.165) is 31.4 Å². The summed E-state index contributed by atoms with van der Waals surface area (Å²) in [7, 11) is 0. The van der Waals surface area contributed by atoms with Crippen molar-refractivity contribution in [3.63, 3.8) is 0 Å². The zero-order chi connectivity index (χ0) is 13.7. The van der Waals surface area contributed by atoms with Crippen LogP contribution in [0.1, 0.15) is 38.2 Å². The molecule has 0 fully saturated rings. The summed E-state index contributed by atoms with van der Waals surface area (Å²) in [5.41, 5.74) is 2.08. The second kappa shape index (κ2) is 6.50. The summed E-state index contributed by atoms with van der Waals surface area (Å²) in [4.78, 5) is 4.57. The van der Waals surface area contributed by atoms with Gasteiger partial charge in [-0.25, -0.2) is 4.39 Å². The monoisotopic (exact) mass is 261 g/mol. The van der Waals surface area contributed by atoms with Gasteiger partial charge in [-0.3, -0.25) is 4.99 Å². The zero-order valence-electron chi connectivity index (χ0n) is 11.3. The van der Waals surface area contributed by atoms with Gasteiger partial charge in [-0.15, -0.1) is 0 Å². The molecule has 1 aliphatic carbocycles. The minimum atomic E-state index is -0.0456. The van der Waals surface area contributed by atoms with Crippen molar-refractivity contribution in [3.8, 4) is 5.75 Å². The molecule has 19 heavy (non-hydrogen) atoms. The SMILES string of the molecule is CC(CCc1ccc(O)cc1)N=C1C=C(F)CCC1. The van der Waals surface area contributed by atoms with Crippen LogP contribution in [0.4, 0.5) is 4.39 Å². The van der Waals surface area contributed by atoms with Crippen LogP contribution >= 0.6 is 0 Å². The maximum Gasteiger partial charge on any atom is 0.115 e. The van der Waals surface area contributed by atoms with Crippen molar-refractivity contribution in [2.45, 2.75) is 45.1 Å². The van der Waals surface area contributed by atoms with E-state index in [9.17, 15) is 9.50 Å². The van der Waals surface area contributed by atoms with Crippen LogP contribution < -0.4 is 0 Å². The van der Waals surface area contributed by atoms with Gasteiger partial charge in [0.15, 0.2) is 0 Å². The van der Waals surface area contributed by atoms with E-state index in [-0.39, 0.29) is 11.9 Å². The molecule has 1 aromatic carbocycles. The van der Waals surface area contributed by atoms with Crippen LogP contribution in [0.3, 0.4) is 0 Å². The number of rotatable bonds is 4. The number of aliphatic imine (C=N–C) groups is 1. The van der Waals surface area contributed by atoms with Gasteiger partial charge in [-0.05, 0) is 62.8 Å². The lowest BCUT2D eigenvalue weighted by Gasteiger charge is -2.12. The first-order chi connectivity index (χ1) is 9.13. The van der Waals surface area contributed by atoms with Crippen LogP contribution in [-0.4, -0.2) is 16.9 Å². The Hall–Kier alpha value is -1.64. The number of benzene rings is 1. The molecule has 0 heterocycles. The largest absolute Gasteiger partial charge is 0.508 e. The summed E-state index contributed by atoms with van der Waals surface area (Å²) in [6.07, 6.45) is 5.75. The lowest BCUT2D eigenvalue weighted by molar-refractivity contribution is 0.475. The van der Waals surface area contributed by atoms with Gasteiger partial charge < -0.3 is 5.11 Å². The molecule has 0 aliphatic heterocycles. The quantitative estimate of drug-likeness (QED) is 0.866. The fourth-order valence-corrected chi connectivity index (χ4v) is 2.25. The van der Waals surface area contributed by atoms with Gasteiger partial charge in [0.05, 0.1) is 0 Å². The Morgan fingerprint density at radius 1 is 1.26 bits per heavy atom. The molecule has 1 unspecified atom stereocenters. The molecule has 2 rings (SSSR count). The van der Waals surface area contributed by atoms with Gasteiger partial charge in [0.2, 0.25) is 0 Å². The first-order valence-corrected chi connectivity index (χ1v) is 6.84. The topological polar surface area (TPSA) is 32.6 Å². The van der Waals surface area contributed by atoms with Crippen molar-refractivity contribution in [3.05, 3.63) is 41.7 Å². The molecule has 0 aromatic heterocycles. The summed E-state index contributed by atoms with van der Waals surface area (Å²) in [6.45, 7) is 2.06. The number of phenols is 1. The summed E-state index contributed by atoms with van der Waals surface area (Å²) in [5.74, 6) is 0.246. The molecule has 1 aromatic rings. The van der Waals surface area contributed by atoms with Gasteiger partial charge in [-0.1, -0.05) is 12.1 Å². The number of allylic oxidation sites excluding steroid dienone is 2. The lowest BCUT2D eigenvalue weighted by atomic mass is 10.0. The van der Waals surface area contributed by atoms with E-state index < -0.39 is 0 Å². The minimum Gasteiger partial charge on any atom is -0.508 e. The van der Waals surface area contributed by atoms with Crippen LogP contribution in [-0.2, 0) is 6.42 Å². The molecule has 0 amide bonds. The fourth-order valence-electron chi connectivity index (χ4n) is 2.25. The number of halogens is 1. The molecule has 0 saturated carbocycles. The van der Waals surface area contributed by atoms with Crippen molar-refractivity contribution < 1.29 is 9.50 Å². The molecule has 0 bridgehead atoms. The number of hydrogen-bond donors (Lipinski definition) is 1. The van der Waals surface area contributed by atoms with Gasteiger partial charge in [-0.2, -0.15) is 0 Å². The Balaban J connectivity index is 1.87. The highest BCUT2D eigenvalue weighted by atomic mass is 19.1. The normalized spacial score (nSPS) is 19.3. The van der Waals surface area contributed by atoms with Crippen molar-refractivity contribution >= 4 is 5.71 Å². The van der Waals surface area contributed by atoms with Crippen LogP contribution in [0.15, 0.2) is 41.2 Å². The summed E-state index contributed by atoms with van der Waals surface area (Å²) in [5, 5.41) is 9.21. The van der Waals surface area contributed by atoms with Gasteiger partial charge >= 0.3 is 0 Å². The zero-order valence-corrected chi connectivity index (χ0v) is 11.3. The fraction of sp³-hybridized carbons (Fsp3) is 0.438. The van der Waals surface area contributed by atoms with E-state index in [2.05, 4.69) is 11.9 Å². The van der Waals surface area contributed by atoms with Crippen molar-refractivity contribution in [1.29, 1.82) is 0 Å². The first kappa shape index (κ1) is 13.8. The second-order valence-corrected chi connectivity index (χ2v) is 5.12. The second-order valence-electron chi connectivity index (χ2n) is 5.12. The average Bonchev–Trinajstić information content (AvgIpc) is 2.38. The van der Waals surface area contributed by atoms with Crippen LogP contribution in [0, 0.1) is 0 Å². The van der Waals surface area contributed by atoms with E-state index in [1.807, 2.05) is 12.1 Å². The van der Waals surface area contributed by atoms with E-state index in [4.69, 9.17) is 0 Å². The predicted octanol–water partition coefficient (Wildman–Crippen LogP) is 4.19. The summed E-state index contributed by atoms with van der Waals surface area (Å²) in [6, 6.07) is 7.45. The smallest absolute Gasteiger partial charge is 0.115 e. The molecular weight excluding hydrogens is 241 g/mol. The van der Waals surface area contributed by atoms with Crippen molar-refractivity contribution in [2.24, 2.45) is 4.99 Å². The van der Waals surface area contributed by atoms with Gasteiger partial charge in [0, 0.05) is 11.8 Å². The van der Waals surface area contributed by atoms with E-state index >= 15 is 0 Å². The number of phenolic OH excluding ortho intramolecular Hbond substituents is 1. The Morgan fingerprint density at radius 3 is 2.68 bits per heavy atom. The molecule has 0 spiro atoms. The summed E-state index contributed by atoms with van der Waals surface area (Å²) >= 11 is 0. The van der Waals surface area contributed by atoms with Crippen LogP contribution in [0.25, 0.3) is 0 Å². The van der Waals surface area contributed by atoms with E-state index in [1.54, 1.807) is 18.2 Å². The number of nitrogens with zero attached hydrogens (tertiary/aromatic N) is 1. The molecule has 1 aliphatic rings. The molecule has 1 N–H and O–H groups in total. The average molecular weight is 261 g/mol. The molecule has 1 atom stereocenters. The van der Waals surface area contributed by atoms with E-state index in [0.29, 0.717) is 12.2 Å². The third-order valence-electron chi connectivity index (χ3n) is 3.35. The summed E-state index contributed by atoms with van der Waals surface area (Å²) < 4.78 is 13.1. The molecule has 0 saturated heterocycles. The minimum absolute atomic E-state index is 0.0456. The Morgan fingerprint density at radius 2 is 2.00 bits per heavy atom. The van der Waals surface area contributed by atoms with Gasteiger partial charge in [0.25, 0.3) is 0 Å².